The molecular weight excluding hydrogens is 200 g/mol. The molecule has 1 unspecified atom stereocenters. The summed E-state index contributed by atoms with van der Waals surface area (Å²) < 4.78 is 5.15. The Labute approximate surface area is 95.5 Å². The molecule has 0 saturated carbocycles. The van der Waals surface area contributed by atoms with Gasteiger partial charge in [-0.2, -0.15) is 0 Å². The highest BCUT2D eigenvalue weighted by Gasteiger charge is 2.09. The predicted molar refractivity (Wildman–Crippen MR) is 63.0 cm³/mol. The molecule has 0 bridgehead atoms. The molecule has 1 N–H and O–H groups in total. The van der Waals surface area contributed by atoms with E-state index < -0.39 is 6.10 Å². The van der Waals surface area contributed by atoms with Crippen LogP contribution in [0.5, 0.6) is 0 Å². The van der Waals surface area contributed by atoms with Crippen LogP contribution in [-0.2, 0) is 6.42 Å². The highest BCUT2D eigenvalue weighted by molar-refractivity contribution is 5.14. The molecule has 0 radical (unpaired) electrons. The standard InChI is InChI=1S/C14H16O2/c15-13(14-10-5-11-16-14)9-4-8-12-6-2-1-3-7-12/h1-3,5-7,10-11,13,15H,4,8-9H2. The Morgan fingerprint density at radius 2 is 1.88 bits per heavy atom. The van der Waals surface area contributed by atoms with Gasteiger partial charge in [-0.3, -0.25) is 0 Å². The fourth-order valence-corrected chi connectivity index (χ4v) is 1.77. The number of hydrogen-bond donors (Lipinski definition) is 1. The van der Waals surface area contributed by atoms with E-state index in [1.54, 1.807) is 12.3 Å². The Bertz CT molecular complexity index is 392. The molecule has 2 nitrogen and oxygen atoms in total. The van der Waals surface area contributed by atoms with Crippen LogP contribution in [0.25, 0.3) is 0 Å². The summed E-state index contributed by atoms with van der Waals surface area (Å²) in [6.07, 6.45) is 3.82. The van der Waals surface area contributed by atoms with E-state index in [4.69, 9.17) is 4.42 Å². The van der Waals surface area contributed by atoms with Gasteiger partial charge in [-0.1, -0.05) is 30.3 Å². The minimum Gasteiger partial charge on any atom is -0.467 e. The summed E-state index contributed by atoms with van der Waals surface area (Å²) in [6, 6.07) is 13.9. The molecule has 2 aromatic rings. The van der Waals surface area contributed by atoms with Gasteiger partial charge in [-0.15, -0.1) is 0 Å². The van der Waals surface area contributed by atoms with Crippen molar-refractivity contribution in [3.05, 3.63) is 60.1 Å². The maximum atomic E-state index is 9.79. The van der Waals surface area contributed by atoms with E-state index >= 15 is 0 Å². The van der Waals surface area contributed by atoms with Crippen molar-refractivity contribution in [1.29, 1.82) is 0 Å². The number of hydrogen-bond acceptors (Lipinski definition) is 2. The second-order valence-electron chi connectivity index (χ2n) is 3.91. The molecule has 0 spiro atoms. The van der Waals surface area contributed by atoms with Gasteiger partial charge in [0, 0.05) is 0 Å². The number of aliphatic hydroxyl groups excluding tert-OH is 1. The Hall–Kier alpha value is -1.54. The lowest BCUT2D eigenvalue weighted by molar-refractivity contribution is 0.138. The number of aryl methyl sites for hydroxylation is 1. The van der Waals surface area contributed by atoms with Crippen molar-refractivity contribution in [2.24, 2.45) is 0 Å². The highest BCUT2D eigenvalue weighted by atomic mass is 16.4. The van der Waals surface area contributed by atoms with E-state index in [2.05, 4.69) is 12.1 Å². The Morgan fingerprint density at radius 3 is 2.56 bits per heavy atom. The second-order valence-corrected chi connectivity index (χ2v) is 3.91. The largest absolute Gasteiger partial charge is 0.467 e. The first-order chi connectivity index (χ1) is 7.86. The maximum Gasteiger partial charge on any atom is 0.132 e. The molecule has 0 saturated heterocycles. The average Bonchev–Trinajstić information content (AvgIpc) is 2.84. The second kappa shape index (κ2) is 5.52. The van der Waals surface area contributed by atoms with Crippen LogP contribution >= 0.6 is 0 Å². The van der Waals surface area contributed by atoms with Gasteiger partial charge in [-0.05, 0) is 37.0 Å². The third kappa shape index (κ3) is 2.97. The lowest BCUT2D eigenvalue weighted by Crippen LogP contribution is -1.96. The predicted octanol–water partition coefficient (Wildman–Crippen LogP) is 3.34. The third-order valence-corrected chi connectivity index (χ3v) is 2.66. The first kappa shape index (κ1) is 11.0. The van der Waals surface area contributed by atoms with Crippen LogP contribution in [0, 0.1) is 0 Å². The third-order valence-electron chi connectivity index (χ3n) is 2.66. The monoisotopic (exact) mass is 216 g/mol. The smallest absolute Gasteiger partial charge is 0.132 e. The summed E-state index contributed by atoms with van der Waals surface area (Å²) in [5.74, 6) is 0.660. The van der Waals surface area contributed by atoms with E-state index in [0.29, 0.717) is 5.76 Å². The van der Waals surface area contributed by atoms with Crippen molar-refractivity contribution in [3.8, 4) is 0 Å². The summed E-state index contributed by atoms with van der Waals surface area (Å²) in [4.78, 5) is 0. The fourth-order valence-electron chi connectivity index (χ4n) is 1.77. The van der Waals surface area contributed by atoms with E-state index in [0.717, 1.165) is 19.3 Å². The molecule has 1 aromatic carbocycles. The summed E-state index contributed by atoms with van der Waals surface area (Å²) >= 11 is 0. The van der Waals surface area contributed by atoms with E-state index in [1.165, 1.54) is 5.56 Å². The molecule has 1 heterocycles. The molecule has 0 fully saturated rings. The van der Waals surface area contributed by atoms with Crippen molar-refractivity contribution in [2.45, 2.75) is 25.4 Å². The lowest BCUT2D eigenvalue weighted by Gasteiger charge is -2.07. The number of benzene rings is 1. The molecule has 1 aromatic heterocycles. The zero-order valence-corrected chi connectivity index (χ0v) is 9.17. The van der Waals surface area contributed by atoms with Gasteiger partial charge in [0.25, 0.3) is 0 Å². The number of furan rings is 1. The van der Waals surface area contributed by atoms with Crippen LogP contribution in [0.2, 0.25) is 0 Å². The molecule has 0 amide bonds. The average molecular weight is 216 g/mol. The van der Waals surface area contributed by atoms with E-state index in [1.807, 2.05) is 24.3 Å². The molecule has 2 rings (SSSR count). The van der Waals surface area contributed by atoms with Gasteiger partial charge in [0.2, 0.25) is 0 Å². The molecule has 1 atom stereocenters. The molecule has 84 valence electrons. The summed E-state index contributed by atoms with van der Waals surface area (Å²) in [6.45, 7) is 0. The molecule has 0 aliphatic heterocycles. The normalized spacial score (nSPS) is 12.6. The van der Waals surface area contributed by atoms with Crippen molar-refractivity contribution in [1.82, 2.24) is 0 Å². The molecular formula is C14H16O2. The van der Waals surface area contributed by atoms with Gasteiger partial charge in [0.15, 0.2) is 0 Å². The van der Waals surface area contributed by atoms with Crippen LogP contribution in [0.3, 0.4) is 0 Å². The van der Waals surface area contributed by atoms with Crippen molar-refractivity contribution < 1.29 is 9.52 Å². The van der Waals surface area contributed by atoms with Gasteiger partial charge < -0.3 is 9.52 Å². The summed E-state index contributed by atoms with van der Waals surface area (Å²) in [7, 11) is 0. The minimum absolute atomic E-state index is 0.473. The minimum atomic E-state index is -0.473. The van der Waals surface area contributed by atoms with E-state index in [9.17, 15) is 5.11 Å². The first-order valence-electron chi connectivity index (χ1n) is 5.61. The zero-order valence-electron chi connectivity index (χ0n) is 9.17. The van der Waals surface area contributed by atoms with Crippen molar-refractivity contribution in [2.75, 3.05) is 0 Å². The fraction of sp³-hybridized carbons (Fsp3) is 0.286. The number of aliphatic hydroxyl groups is 1. The Balaban J connectivity index is 1.76. The van der Waals surface area contributed by atoms with Gasteiger partial charge >= 0.3 is 0 Å². The van der Waals surface area contributed by atoms with Crippen LogP contribution in [0.15, 0.2) is 53.1 Å². The topological polar surface area (TPSA) is 33.4 Å². The van der Waals surface area contributed by atoms with Crippen LogP contribution < -0.4 is 0 Å². The summed E-state index contributed by atoms with van der Waals surface area (Å²) in [5, 5.41) is 9.79. The molecule has 16 heavy (non-hydrogen) atoms. The lowest BCUT2D eigenvalue weighted by atomic mass is 10.1. The highest BCUT2D eigenvalue weighted by Crippen LogP contribution is 2.19. The molecule has 0 aliphatic carbocycles. The SMILES string of the molecule is OC(CCCc1ccccc1)c1ccco1. The molecule has 0 aliphatic rings. The quantitative estimate of drug-likeness (QED) is 0.831. The van der Waals surface area contributed by atoms with Gasteiger partial charge in [0.1, 0.15) is 11.9 Å². The Kier molecular flexibility index (Phi) is 3.78. The zero-order chi connectivity index (χ0) is 11.2. The first-order valence-corrected chi connectivity index (χ1v) is 5.61. The number of rotatable bonds is 5. The Morgan fingerprint density at radius 1 is 1.06 bits per heavy atom. The molecule has 2 heteroatoms. The van der Waals surface area contributed by atoms with Crippen LogP contribution in [-0.4, -0.2) is 5.11 Å². The maximum absolute atomic E-state index is 9.79. The van der Waals surface area contributed by atoms with E-state index in [-0.39, 0.29) is 0 Å². The van der Waals surface area contributed by atoms with Gasteiger partial charge in [0.05, 0.1) is 6.26 Å². The van der Waals surface area contributed by atoms with Gasteiger partial charge in [-0.25, -0.2) is 0 Å². The summed E-state index contributed by atoms with van der Waals surface area (Å²) in [5.41, 5.74) is 1.31. The van der Waals surface area contributed by atoms with Crippen molar-refractivity contribution in [3.63, 3.8) is 0 Å². The van der Waals surface area contributed by atoms with Crippen molar-refractivity contribution >= 4 is 0 Å². The van der Waals surface area contributed by atoms with Crippen LogP contribution in [0.4, 0.5) is 0 Å². The van der Waals surface area contributed by atoms with Crippen LogP contribution in [0.1, 0.15) is 30.3 Å².